The summed E-state index contributed by atoms with van der Waals surface area (Å²) < 4.78 is 43.8. The number of rotatable bonds is 2. The number of hydrogen-bond donors (Lipinski definition) is 1. The molecule has 1 heterocycles. The van der Waals surface area contributed by atoms with Crippen molar-refractivity contribution in [2.75, 3.05) is 26.2 Å². The second-order valence-electron chi connectivity index (χ2n) is 4.67. The summed E-state index contributed by atoms with van der Waals surface area (Å²) in [5.74, 6) is -0.449. The lowest BCUT2D eigenvalue weighted by molar-refractivity contribution is -0.138. The Hall–Kier alpha value is -1.12. The normalized spacial score (nSPS) is 19.7. The average molecular weight is 367 g/mol. The molecule has 1 aromatic carbocycles. The molecule has 116 valence electrons. The molecule has 2 N–H and O–H groups in total. The number of carbonyl (C=O) groups excluding carboxylic acids is 1. The van der Waals surface area contributed by atoms with Crippen molar-refractivity contribution in [3.8, 4) is 0 Å². The number of halogens is 4. The number of ether oxygens (including phenoxy) is 1. The molecule has 21 heavy (non-hydrogen) atoms. The van der Waals surface area contributed by atoms with E-state index in [9.17, 15) is 18.0 Å². The second kappa shape index (κ2) is 6.33. The first-order chi connectivity index (χ1) is 9.82. The van der Waals surface area contributed by atoms with Gasteiger partial charge in [0.1, 0.15) is 0 Å². The number of nitrogens with zero attached hydrogens (tertiary/aromatic N) is 1. The van der Waals surface area contributed by atoms with Crippen LogP contribution in [0.4, 0.5) is 13.2 Å². The lowest BCUT2D eigenvalue weighted by atomic mass is 10.1. The fourth-order valence-electron chi connectivity index (χ4n) is 2.10. The molecule has 2 rings (SSSR count). The molecule has 0 bridgehead atoms. The van der Waals surface area contributed by atoms with E-state index in [-0.39, 0.29) is 29.2 Å². The summed E-state index contributed by atoms with van der Waals surface area (Å²) in [4.78, 5) is 13.8. The van der Waals surface area contributed by atoms with Gasteiger partial charge in [0.25, 0.3) is 5.91 Å². The highest BCUT2D eigenvalue weighted by molar-refractivity contribution is 9.10. The topological polar surface area (TPSA) is 55.6 Å². The van der Waals surface area contributed by atoms with Gasteiger partial charge in [0.15, 0.2) is 0 Å². The van der Waals surface area contributed by atoms with Gasteiger partial charge in [-0.1, -0.05) is 15.9 Å². The SMILES string of the molecule is NCC1CN(C(=O)c2ccc(Br)c(C(F)(F)F)c2)CCO1. The van der Waals surface area contributed by atoms with Crippen LogP contribution in [0, 0.1) is 0 Å². The molecule has 1 unspecified atom stereocenters. The highest BCUT2D eigenvalue weighted by Crippen LogP contribution is 2.35. The highest BCUT2D eigenvalue weighted by Gasteiger charge is 2.34. The van der Waals surface area contributed by atoms with Crippen LogP contribution >= 0.6 is 15.9 Å². The molecule has 0 aromatic heterocycles. The molecule has 1 atom stereocenters. The van der Waals surface area contributed by atoms with E-state index >= 15 is 0 Å². The Morgan fingerprint density at radius 2 is 2.19 bits per heavy atom. The molecule has 1 fully saturated rings. The summed E-state index contributed by atoms with van der Waals surface area (Å²) in [5.41, 5.74) is 4.63. The second-order valence-corrected chi connectivity index (χ2v) is 5.53. The van der Waals surface area contributed by atoms with Gasteiger partial charge in [0.2, 0.25) is 0 Å². The first-order valence-electron chi connectivity index (χ1n) is 6.30. The van der Waals surface area contributed by atoms with Crippen LogP contribution < -0.4 is 5.73 Å². The third kappa shape index (κ3) is 3.75. The third-order valence-corrected chi connectivity index (χ3v) is 3.90. The molecule has 0 saturated carbocycles. The van der Waals surface area contributed by atoms with Gasteiger partial charge in [0.05, 0.1) is 18.3 Å². The van der Waals surface area contributed by atoms with Crippen LogP contribution in [0.15, 0.2) is 22.7 Å². The van der Waals surface area contributed by atoms with Crippen LogP contribution in [-0.2, 0) is 10.9 Å². The molecule has 0 aliphatic carbocycles. The van der Waals surface area contributed by atoms with Crippen molar-refractivity contribution in [1.29, 1.82) is 0 Å². The van der Waals surface area contributed by atoms with Crippen LogP contribution in [0.5, 0.6) is 0 Å². The van der Waals surface area contributed by atoms with E-state index in [0.29, 0.717) is 13.2 Å². The van der Waals surface area contributed by atoms with Crippen LogP contribution in [0.2, 0.25) is 0 Å². The number of hydrogen-bond acceptors (Lipinski definition) is 3. The first-order valence-corrected chi connectivity index (χ1v) is 7.10. The van der Waals surface area contributed by atoms with Crippen molar-refractivity contribution in [2.45, 2.75) is 12.3 Å². The molecular formula is C13H14BrF3N2O2. The lowest BCUT2D eigenvalue weighted by Crippen LogP contribution is -2.48. The van der Waals surface area contributed by atoms with E-state index in [1.165, 1.54) is 17.0 Å². The smallest absolute Gasteiger partial charge is 0.373 e. The fourth-order valence-corrected chi connectivity index (χ4v) is 2.58. The predicted molar refractivity (Wildman–Crippen MR) is 73.8 cm³/mol. The average Bonchev–Trinajstić information content (AvgIpc) is 2.46. The Morgan fingerprint density at radius 1 is 1.48 bits per heavy atom. The minimum absolute atomic E-state index is 0.00296. The fraction of sp³-hybridized carbons (Fsp3) is 0.462. The predicted octanol–water partition coefficient (Wildman–Crippen LogP) is 2.27. The Labute approximate surface area is 128 Å². The van der Waals surface area contributed by atoms with Gasteiger partial charge >= 0.3 is 6.18 Å². The van der Waals surface area contributed by atoms with E-state index < -0.39 is 17.6 Å². The Morgan fingerprint density at radius 3 is 2.81 bits per heavy atom. The van der Waals surface area contributed by atoms with Gasteiger partial charge in [0, 0.05) is 29.7 Å². The molecule has 0 radical (unpaired) electrons. The quantitative estimate of drug-likeness (QED) is 0.873. The monoisotopic (exact) mass is 366 g/mol. The van der Waals surface area contributed by atoms with Gasteiger partial charge in [-0.3, -0.25) is 4.79 Å². The maximum Gasteiger partial charge on any atom is 0.417 e. The number of alkyl halides is 3. The van der Waals surface area contributed by atoms with Crippen molar-refractivity contribution in [2.24, 2.45) is 5.73 Å². The standard InChI is InChI=1S/C13H14BrF3N2O2/c14-11-2-1-8(5-10(11)13(15,16)17)12(20)19-3-4-21-9(6-18)7-19/h1-2,5,9H,3-4,6-7,18H2. The maximum atomic E-state index is 12.9. The zero-order valence-corrected chi connectivity index (χ0v) is 12.6. The summed E-state index contributed by atoms with van der Waals surface area (Å²) in [6.07, 6.45) is -4.79. The zero-order chi connectivity index (χ0) is 15.6. The summed E-state index contributed by atoms with van der Waals surface area (Å²) in [6.45, 7) is 1.22. The number of benzene rings is 1. The molecule has 1 amide bonds. The summed E-state index contributed by atoms with van der Waals surface area (Å²) in [5, 5.41) is 0. The molecule has 1 saturated heterocycles. The zero-order valence-electron chi connectivity index (χ0n) is 11.0. The van der Waals surface area contributed by atoms with Crippen molar-refractivity contribution in [1.82, 2.24) is 4.90 Å². The molecule has 1 aliphatic heterocycles. The first kappa shape index (κ1) is 16.3. The Balaban J connectivity index is 2.23. The Kier molecular flexibility index (Phi) is 4.90. The van der Waals surface area contributed by atoms with Crippen molar-refractivity contribution in [3.05, 3.63) is 33.8 Å². The van der Waals surface area contributed by atoms with E-state index in [2.05, 4.69) is 15.9 Å². The van der Waals surface area contributed by atoms with Crippen LogP contribution in [0.3, 0.4) is 0 Å². The Bertz CT molecular complexity index is 537. The lowest BCUT2D eigenvalue weighted by Gasteiger charge is -2.32. The molecular weight excluding hydrogens is 353 g/mol. The molecule has 0 spiro atoms. The number of carbonyl (C=O) groups is 1. The van der Waals surface area contributed by atoms with E-state index in [0.717, 1.165) is 6.07 Å². The molecule has 4 nitrogen and oxygen atoms in total. The number of nitrogens with two attached hydrogens (primary N) is 1. The van der Waals surface area contributed by atoms with Crippen LogP contribution in [0.1, 0.15) is 15.9 Å². The van der Waals surface area contributed by atoms with E-state index in [1.807, 2.05) is 0 Å². The molecule has 1 aromatic rings. The summed E-state index contributed by atoms with van der Waals surface area (Å²) in [7, 11) is 0. The third-order valence-electron chi connectivity index (χ3n) is 3.21. The van der Waals surface area contributed by atoms with E-state index in [4.69, 9.17) is 10.5 Å². The van der Waals surface area contributed by atoms with Crippen molar-refractivity contribution >= 4 is 21.8 Å². The minimum Gasteiger partial charge on any atom is -0.373 e. The van der Waals surface area contributed by atoms with Crippen LogP contribution in [-0.4, -0.2) is 43.2 Å². The van der Waals surface area contributed by atoms with Crippen molar-refractivity contribution in [3.63, 3.8) is 0 Å². The molecule has 8 heteroatoms. The van der Waals surface area contributed by atoms with E-state index in [1.54, 1.807) is 0 Å². The summed E-state index contributed by atoms with van der Waals surface area (Å²) in [6, 6.07) is 3.46. The molecule has 1 aliphatic rings. The van der Waals surface area contributed by atoms with Crippen LogP contribution in [0.25, 0.3) is 0 Å². The number of morpholine rings is 1. The largest absolute Gasteiger partial charge is 0.417 e. The van der Waals surface area contributed by atoms with Gasteiger partial charge in [-0.25, -0.2) is 0 Å². The van der Waals surface area contributed by atoms with Gasteiger partial charge in [-0.15, -0.1) is 0 Å². The maximum absolute atomic E-state index is 12.9. The summed E-state index contributed by atoms with van der Waals surface area (Å²) >= 11 is 2.85. The van der Waals surface area contributed by atoms with Gasteiger partial charge < -0.3 is 15.4 Å². The van der Waals surface area contributed by atoms with Gasteiger partial charge in [-0.05, 0) is 18.2 Å². The minimum atomic E-state index is -4.51. The number of amides is 1. The van der Waals surface area contributed by atoms with Crippen molar-refractivity contribution < 1.29 is 22.7 Å². The highest BCUT2D eigenvalue weighted by atomic mass is 79.9. The van der Waals surface area contributed by atoms with Gasteiger partial charge in [-0.2, -0.15) is 13.2 Å².